The number of ether oxygens (including phenoxy) is 3. The monoisotopic (exact) mass is 389 g/mol. The lowest BCUT2D eigenvalue weighted by molar-refractivity contribution is 0.152. The Labute approximate surface area is 156 Å². The summed E-state index contributed by atoms with van der Waals surface area (Å²) in [6.07, 6.45) is 0.205. The van der Waals surface area contributed by atoms with Crippen LogP contribution in [0.4, 0.5) is 4.79 Å². The van der Waals surface area contributed by atoms with E-state index in [1.54, 1.807) is 14.2 Å². The van der Waals surface area contributed by atoms with Crippen LogP contribution in [0.1, 0.15) is 5.56 Å². The first kappa shape index (κ1) is 21.1. The summed E-state index contributed by atoms with van der Waals surface area (Å²) in [5.41, 5.74) is 0.920. The number of rotatable bonds is 8. The summed E-state index contributed by atoms with van der Waals surface area (Å²) < 4.78 is 15.8. The molecule has 0 aliphatic rings. The summed E-state index contributed by atoms with van der Waals surface area (Å²) in [7, 11) is 1.94. The maximum atomic E-state index is 11.7. The third-order valence-corrected chi connectivity index (χ3v) is 6.26. The first-order valence-corrected chi connectivity index (χ1v) is 12.4. The predicted molar refractivity (Wildman–Crippen MR) is 105 cm³/mol. The fraction of sp³-hybridized carbons (Fsp3) is 0.562. The summed E-state index contributed by atoms with van der Waals surface area (Å²) in [6.45, 7) is 7.65. The zero-order chi connectivity index (χ0) is 18.3. The van der Waals surface area contributed by atoms with Crippen molar-refractivity contribution in [2.24, 2.45) is 0 Å². The summed E-state index contributed by atoms with van der Waals surface area (Å²) >= 11 is 8.91. The molecule has 0 saturated carbocycles. The van der Waals surface area contributed by atoms with Crippen molar-refractivity contribution in [3.63, 3.8) is 0 Å². The molecule has 136 valence electrons. The van der Waals surface area contributed by atoms with Crippen LogP contribution in [0.5, 0.6) is 11.5 Å². The molecule has 0 spiro atoms. The Kier molecular flexibility index (Phi) is 8.31. The highest BCUT2D eigenvalue weighted by Crippen LogP contribution is 2.40. The quantitative estimate of drug-likeness (QED) is 0.466. The van der Waals surface area contributed by atoms with E-state index >= 15 is 0 Å². The maximum Gasteiger partial charge on any atom is 0.407 e. The molecule has 5 nitrogen and oxygen atoms in total. The van der Waals surface area contributed by atoms with Gasteiger partial charge >= 0.3 is 6.09 Å². The van der Waals surface area contributed by atoms with Crippen LogP contribution in [0.2, 0.25) is 25.7 Å². The minimum atomic E-state index is -1.19. The van der Waals surface area contributed by atoms with Crippen LogP contribution >= 0.6 is 25.3 Å². The van der Waals surface area contributed by atoms with E-state index in [1.165, 1.54) is 0 Å². The van der Waals surface area contributed by atoms with E-state index in [1.807, 2.05) is 6.07 Å². The summed E-state index contributed by atoms with van der Waals surface area (Å²) in [5, 5.41) is 2.75. The number of carbonyl (C=O) groups is 1. The van der Waals surface area contributed by atoms with Gasteiger partial charge in [0.25, 0.3) is 0 Å². The zero-order valence-electron chi connectivity index (χ0n) is 14.9. The molecule has 0 unspecified atom stereocenters. The second-order valence-electron chi connectivity index (χ2n) is 6.59. The van der Waals surface area contributed by atoms with Gasteiger partial charge in [-0.05, 0) is 24.1 Å². The summed E-state index contributed by atoms with van der Waals surface area (Å²) in [4.78, 5) is 13.0. The van der Waals surface area contributed by atoms with E-state index in [4.69, 9.17) is 14.2 Å². The molecule has 0 aliphatic heterocycles. The second kappa shape index (κ2) is 9.48. The number of methoxy groups -OCH3 is 2. The molecule has 1 N–H and O–H groups in total. The highest BCUT2D eigenvalue weighted by molar-refractivity contribution is 7.83. The molecule has 0 heterocycles. The Balaban J connectivity index is 2.56. The third-order valence-electron chi connectivity index (χ3n) is 3.45. The zero-order valence-corrected chi connectivity index (χ0v) is 17.7. The first-order valence-electron chi connectivity index (χ1n) is 7.76. The molecule has 0 atom stereocenters. The smallest absolute Gasteiger partial charge is 0.407 e. The number of hydrogen-bond donors (Lipinski definition) is 3. The van der Waals surface area contributed by atoms with E-state index in [-0.39, 0.29) is 6.09 Å². The topological polar surface area (TPSA) is 56.8 Å². The Morgan fingerprint density at radius 3 is 2.38 bits per heavy atom. The number of nitrogens with one attached hydrogen (secondary N) is 1. The highest BCUT2D eigenvalue weighted by Gasteiger charge is 2.16. The number of alkyl carbamates (subject to hydrolysis) is 1. The molecule has 1 aromatic carbocycles. The van der Waals surface area contributed by atoms with Crippen molar-refractivity contribution in [1.82, 2.24) is 5.32 Å². The molecule has 0 fully saturated rings. The molecule has 1 amide bonds. The average molecular weight is 390 g/mol. The summed E-state index contributed by atoms with van der Waals surface area (Å²) in [5.74, 6) is 1.14. The molecule has 0 aliphatic carbocycles. The van der Waals surface area contributed by atoms with Gasteiger partial charge in [-0.15, -0.1) is 25.3 Å². The third kappa shape index (κ3) is 6.49. The van der Waals surface area contributed by atoms with Gasteiger partial charge in [-0.2, -0.15) is 0 Å². The SMILES string of the molecule is COc1cc(CCNC(=O)OCC[Si](C)(C)C)c(S)c(S)c1OC. The number of hydrogen-bond acceptors (Lipinski definition) is 6. The largest absolute Gasteiger partial charge is 0.493 e. The Morgan fingerprint density at radius 2 is 1.83 bits per heavy atom. The Morgan fingerprint density at radius 1 is 1.17 bits per heavy atom. The lowest BCUT2D eigenvalue weighted by Crippen LogP contribution is -2.29. The fourth-order valence-electron chi connectivity index (χ4n) is 2.01. The van der Waals surface area contributed by atoms with Gasteiger partial charge in [0.1, 0.15) is 0 Å². The molecule has 1 rings (SSSR count). The highest BCUT2D eigenvalue weighted by atomic mass is 32.1. The van der Waals surface area contributed by atoms with E-state index in [0.29, 0.717) is 40.9 Å². The van der Waals surface area contributed by atoms with Gasteiger partial charge in [0.15, 0.2) is 11.5 Å². The van der Waals surface area contributed by atoms with Gasteiger partial charge in [-0.3, -0.25) is 0 Å². The van der Waals surface area contributed by atoms with Gasteiger partial charge in [-0.25, -0.2) is 4.79 Å². The number of thiol groups is 2. The van der Waals surface area contributed by atoms with E-state index in [0.717, 1.165) is 11.6 Å². The van der Waals surface area contributed by atoms with E-state index in [2.05, 4.69) is 50.2 Å². The van der Waals surface area contributed by atoms with Crippen molar-refractivity contribution in [2.45, 2.75) is 41.9 Å². The molecule has 1 aromatic rings. The van der Waals surface area contributed by atoms with Gasteiger partial charge < -0.3 is 19.5 Å². The molecule has 0 radical (unpaired) electrons. The Bertz CT molecular complexity index is 576. The standard InChI is InChI=1S/C16H27NO4S2Si/c1-19-12-10-11(14(22)15(23)13(12)20-2)6-7-17-16(18)21-8-9-24(3,4)5/h10,22-23H,6-9H2,1-5H3,(H,17,18). The van der Waals surface area contributed by atoms with Crippen molar-refractivity contribution >= 4 is 39.4 Å². The van der Waals surface area contributed by atoms with Crippen LogP contribution in [0.25, 0.3) is 0 Å². The maximum absolute atomic E-state index is 11.7. The van der Waals surface area contributed by atoms with Crippen molar-refractivity contribution in [3.05, 3.63) is 11.6 Å². The van der Waals surface area contributed by atoms with Crippen LogP contribution in [-0.4, -0.2) is 41.5 Å². The lowest BCUT2D eigenvalue weighted by Gasteiger charge is -2.16. The number of carbonyl (C=O) groups excluding carboxylic acids is 1. The molecule has 8 heteroatoms. The van der Waals surface area contributed by atoms with Crippen LogP contribution in [0, 0.1) is 0 Å². The molecular weight excluding hydrogens is 362 g/mol. The normalized spacial score (nSPS) is 11.1. The van der Waals surface area contributed by atoms with Crippen LogP contribution < -0.4 is 14.8 Å². The van der Waals surface area contributed by atoms with Crippen LogP contribution in [0.3, 0.4) is 0 Å². The summed E-state index contributed by atoms with van der Waals surface area (Å²) in [6, 6.07) is 2.80. The van der Waals surface area contributed by atoms with Crippen molar-refractivity contribution < 1.29 is 19.0 Å². The van der Waals surface area contributed by atoms with Gasteiger partial charge in [0.05, 0.1) is 25.7 Å². The molecule has 0 saturated heterocycles. The minimum absolute atomic E-state index is 0.388. The fourth-order valence-corrected chi connectivity index (χ4v) is 3.35. The van der Waals surface area contributed by atoms with Crippen molar-refractivity contribution in [1.29, 1.82) is 0 Å². The van der Waals surface area contributed by atoms with Gasteiger partial charge in [-0.1, -0.05) is 19.6 Å². The lowest BCUT2D eigenvalue weighted by atomic mass is 10.1. The van der Waals surface area contributed by atoms with E-state index < -0.39 is 8.07 Å². The average Bonchev–Trinajstić information content (AvgIpc) is 2.50. The molecule has 24 heavy (non-hydrogen) atoms. The number of benzene rings is 1. The molecule has 0 bridgehead atoms. The second-order valence-corrected chi connectivity index (χ2v) is 13.1. The van der Waals surface area contributed by atoms with Gasteiger partial charge in [0, 0.05) is 19.5 Å². The van der Waals surface area contributed by atoms with Crippen molar-refractivity contribution in [2.75, 3.05) is 27.4 Å². The Hall–Kier alpha value is -0.993. The van der Waals surface area contributed by atoms with Gasteiger partial charge in [0.2, 0.25) is 0 Å². The van der Waals surface area contributed by atoms with Crippen molar-refractivity contribution in [3.8, 4) is 11.5 Å². The molecule has 0 aromatic heterocycles. The predicted octanol–water partition coefficient (Wildman–Crippen LogP) is 3.89. The minimum Gasteiger partial charge on any atom is -0.493 e. The first-order chi connectivity index (χ1) is 11.2. The van der Waals surface area contributed by atoms with Crippen LogP contribution in [-0.2, 0) is 11.2 Å². The number of amides is 1. The van der Waals surface area contributed by atoms with E-state index in [9.17, 15) is 4.79 Å². The molecular formula is C16H27NO4S2Si. The van der Waals surface area contributed by atoms with Crippen LogP contribution in [0.15, 0.2) is 15.9 Å².